The average molecular weight is 487 g/mol. The minimum Gasteiger partial charge on any atom is -0.387 e. The zero-order valence-electron chi connectivity index (χ0n) is 15.5. The maximum Gasteiger partial charge on any atom is 0.417 e. The Labute approximate surface area is 179 Å². The summed E-state index contributed by atoms with van der Waals surface area (Å²) < 4.78 is 91.0. The van der Waals surface area contributed by atoms with E-state index in [4.69, 9.17) is 11.6 Å². The lowest BCUT2D eigenvalue weighted by molar-refractivity contribution is -0.137. The topological polar surface area (TPSA) is 95.5 Å². The summed E-state index contributed by atoms with van der Waals surface area (Å²) in [5, 5.41) is 11.5. The highest BCUT2D eigenvalue weighted by atomic mass is 35.5. The number of hydrogen-bond donors (Lipinski definition) is 3. The molecule has 0 aliphatic rings. The fourth-order valence-electron chi connectivity index (χ4n) is 2.41. The van der Waals surface area contributed by atoms with E-state index in [1.54, 1.807) is 0 Å². The van der Waals surface area contributed by atoms with Crippen molar-refractivity contribution in [2.45, 2.75) is 23.6 Å². The monoisotopic (exact) mass is 486 g/mol. The van der Waals surface area contributed by atoms with Gasteiger partial charge in [-0.1, -0.05) is 17.7 Å². The summed E-state index contributed by atoms with van der Waals surface area (Å²) >= 11 is 5.45. The predicted octanol–water partition coefficient (Wildman–Crippen LogP) is 3.16. The zero-order chi connectivity index (χ0) is 23.4. The summed E-state index contributed by atoms with van der Waals surface area (Å²) in [6.45, 7) is -0.803. The number of benzene rings is 2. The van der Waals surface area contributed by atoms with E-state index in [1.165, 1.54) is 0 Å². The lowest BCUT2D eigenvalue weighted by Gasteiger charge is -2.13. The molecule has 0 fully saturated rings. The van der Waals surface area contributed by atoms with Crippen LogP contribution in [0.4, 0.5) is 22.0 Å². The van der Waals surface area contributed by atoms with Gasteiger partial charge in [-0.3, -0.25) is 4.79 Å². The van der Waals surface area contributed by atoms with E-state index in [-0.39, 0.29) is 12.1 Å². The molecular formula is C18H16ClF5N2O4S. The molecule has 1 amide bonds. The minimum atomic E-state index is -4.85. The molecule has 0 aliphatic carbocycles. The van der Waals surface area contributed by atoms with Crippen molar-refractivity contribution < 1.29 is 40.3 Å². The second-order valence-electron chi connectivity index (χ2n) is 6.28. The third-order valence-corrected chi connectivity index (χ3v) is 5.81. The third kappa shape index (κ3) is 6.86. The van der Waals surface area contributed by atoms with Crippen molar-refractivity contribution in [3.63, 3.8) is 0 Å². The standard InChI is InChI=1S/C18H16ClF5N2O4S/c19-13-3-2-11(8-12(13)18(22,23)24)31(29,30)26-6-5-17(28)25-9-16(27)10-1-4-14(20)15(21)7-10/h1-4,7-8,16,26-27H,5-6,9H2,(H,25,28). The van der Waals surface area contributed by atoms with Crippen LogP contribution in [0.25, 0.3) is 0 Å². The van der Waals surface area contributed by atoms with Gasteiger partial charge in [-0.15, -0.1) is 0 Å². The largest absolute Gasteiger partial charge is 0.417 e. The number of amides is 1. The molecule has 0 aromatic heterocycles. The molecule has 3 N–H and O–H groups in total. The van der Waals surface area contributed by atoms with Gasteiger partial charge >= 0.3 is 6.18 Å². The van der Waals surface area contributed by atoms with Crippen molar-refractivity contribution in [1.82, 2.24) is 10.0 Å². The predicted molar refractivity (Wildman–Crippen MR) is 101 cm³/mol. The van der Waals surface area contributed by atoms with Gasteiger partial charge in [0.05, 0.1) is 21.6 Å². The lowest BCUT2D eigenvalue weighted by Crippen LogP contribution is -2.33. The van der Waals surface area contributed by atoms with Gasteiger partial charge in [0.25, 0.3) is 0 Å². The fourth-order valence-corrected chi connectivity index (χ4v) is 3.69. The maximum absolute atomic E-state index is 13.2. The van der Waals surface area contributed by atoms with Gasteiger partial charge in [0.2, 0.25) is 15.9 Å². The van der Waals surface area contributed by atoms with E-state index in [0.29, 0.717) is 6.07 Å². The number of rotatable bonds is 8. The first-order valence-corrected chi connectivity index (χ1v) is 10.4. The Bertz CT molecular complexity index is 1060. The molecule has 2 rings (SSSR count). The smallest absolute Gasteiger partial charge is 0.387 e. The zero-order valence-corrected chi connectivity index (χ0v) is 17.1. The molecule has 0 heterocycles. The lowest BCUT2D eigenvalue weighted by atomic mass is 10.1. The van der Waals surface area contributed by atoms with Crippen molar-refractivity contribution in [2.24, 2.45) is 0 Å². The number of alkyl halides is 3. The number of aliphatic hydroxyl groups is 1. The SMILES string of the molecule is O=C(CCNS(=O)(=O)c1ccc(Cl)c(C(F)(F)F)c1)NCC(O)c1ccc(F)c(F)c1. The van der Waals surface area contributed by atoms with Crippen LogP contribution in [-0.4, -0.2) is 32.5 Å². The normalized spacial score (nSPS) is 13.1. The first kappa shape index (κ1) is 25.0. The van der Waals surface area contributed by atoms with Crippen molar-refractivity contribution in [1.29, 1.82) is 0 Å². The molecule has 2 aromatic carbocycles. The number of carbonyl (C=O) groups excluding carboxylic acids is 1. The number of hydrogen-bond acceptors (Lipinski definition) is 4. The van der Waals surface area contributed by atoms with Crippen LogP contribution in [0, 0.1) is 11.6 Å². The van der Waals surface area contributed by atoms with E-state index >= 15 is 0 Å². The Morgan fingerprint density at radius 2 is 1.77 bits per heavy atom. The average Bonchev–Trinajstić information content (AvgIpc) is 2.67. The maximum atomic E-state index is 13.2. The Balaban J connectivity index is 1.89. The van der Waals surface area contributed by atoms with Gasteiger partial charge in [0.1, 0.15) is 0 Å². The van der Waals surface area contributed by atoms with Crippen LogP contribution in [0.2, 0.25) is 5.02 Å². The Morgan fingerprint density at radius 3 is 2.39 bits per heavy atom. The first-order valence-electron chi connectivity index (χ1n) is 8.57. The molecule has 1 unspecified atom stereocenters. The van der Waals surface area contributed by atoms with E-state index < -0.39 is 68.3 Å². The van der Waals surface area contributed by atoms with E-state index in [0.717, 1.165) is 30.3 Å². The summed E-state index contributed by atoms with van der Waals surface area (Å²) in [5.74, 6) is -2.97. The van der Waals surface area contributed by atoms with Crippen LogP contribution in [0.3, 0.4) is 0 Å². The second-order valence-corrected chi connectivity index (χ2v) is 8.45. The van der Waals surface area contributed by atoms with Crippen molar-refractivity contribution in [3.8, 4) is 0 Å². The molecule has 6 nitrogen and oxygen atoms in total. The number of nitrogens with one attached hydrogen (secondary N) is 2. The number of halogens is 6. The van der Waals surface area contributed by atoms with Crippen molar-refractivity contribution in [2.75, 3.05) is 13.1 Å². The highest BCUT2D eigenvalue weighted by Crippen LogP contribution is 2.35. The van der Waals surface area contributed by atoms with Crippen LogP contribution < -0.4 is 10.0 Å². The van der Waals surface area contributed by atoms with E-state index in [2.05, 4.69) is 5.32 Å². The molecule has 0 saturated heterocycles. The second kappa shape index (κ2) is 9.90. The van der Waals surface area contributed by atoms with Crippen LogP contribution >= 0.6 is 11.6 Å². The quantitative estimate of drug-likeness (QED) is 0.500. The first-order chi connectivity index (χ1) is 14.3. The number of carbonyl (C=O) groups is 1. The van der Waals surface area contributed by atoms with Gasteiger partial charge in [-0.05, 0) is 35.9 Å². The van der Waals surface area contributed by atoms with Crippen LogP contribution in [0.5, 0.6) is 0 Å². The Hall–Kier alpha value is -2.28. The van der Waals surface area contributed by atoms with Crippen LogP contribution in [0.15, 0.2) is 41.3 Å². The molecule has 170 valence electrons. The molecule has 2 aromatic rings. The van der Waals surface area contributed by atoms with Crippen molar-refractivity contribution in [3.05, 3.63) is 64.2 Å². The fraction of sp³-hybridized carbons (Fsp3) is 0.278. The summed E-state index contributed by atoms with van der Waals surface area (Å²) in [6, 6.07) is 4.77. The minimum absolute atomic E-state index is 0.0168. The van der Waals surface area contributed by atoms with Gasteiger partial charge in [0.15, 0.2) is 11.6 Å². The highest BCUT2D eigenvalue weighted by Gasteiger charge is 2.34. The van der Waals surface area contributed by atoms with Gasteiger partial charge in [0, 0.05) is 19.5 Å². The highest BCUT2D eigenvalue weighted by molar-refractivity contribution is 7.89. The third-order valence-electron chi connectivity index (χ3n) is 4.02. The molecule has 0 bridgehead atoms. The van der Waals surface area contributed by atoms with Crippen LogP contribution in [-0.2, 0) is 21.0 Å². The molecule has 0 spiro atoms. The molecule has 0 aliphatic heterocycles. The van der Waals surface area contributed by atoms with Gasteiger partial charge in [-0.25, -0.2) is 21.9 Å². The molecule has 0 radical (unpaired) electrons. The van der Waals surface area contributed by atoms with E-state index in [1.807, 2.05) is 4.72 Å². The summed E-state index contributed by atoms with van der Waals surface area (Å²) in [5.41, 5.74) is -1.30. The number of aliphatic hydroxyl groups excluding tert-OH is 1. The molecule has 31 heavy (non-hydrogen) atoms. The number of sulfonamides is 1. The summed E-state index contributed by atoms with van der Waals surface area (Å²) in [7, 11) is -4.35. The Morgan fingerprint density at radius 1 is 1.10 bits per heavy atom. The molecular weight excluding hydrogens is 471 g/mol. The summed E-state index contributed by atoms with van der Waals surface area (Å²) in [4.78, 5) is 11.1. The van der Waals surface area contributed by atoms with Gasteiger partial charge in [-0.2, -0.15) is 13.2 Å². The van der Waals surface area contributed by atoms with E-state index in [9.17, 15) is 40.3 Å². The van der Waals surface area contributed by atoms with Crippen molar-refractivity contribution >= 4 is 27.5 Å². The molecule has 1 atom stereocenters. The van der Waals surface area contributed by atoms with Crippen LogP contribution in [0.1, 0.15) is 23.7 Å². The Kier molecular flexibility index (Phi) is 7.98. The van der Waals surface area contributed by atoms with Gasteiger partial charge < -0.3 is 10.4 Å². The molecule has 0 saturated carbocycles. The molecule has 13 heteroatoms. The summed E-state index contributed by atoms with van der Waals surface area (Å²) in [6.07, 6.45) is -6.59.